The van der Waals surface area contributed by atoms with Gasteiger partial charge in [0.2, 0.25) is 0 Å². The van der Waals surface area contributed by atoms with Crippen LogP contribution in [0.1, 0.15) is 24.4 Å². The lowest BCUT2D eigenvalue weighted by Gasteiger charge is -2.13. The Morgan fingerprint density at radius 1 is 1.43 bits per heavy atom. The summed E-state index contributed by atoms with van der Waals surface area (Å²) in [4.78, 5) is 0. The molecule has 0 bridgehead atoms. The van der Waals surface area contributed by atoms with Crippen molar-refractivity contribution < 1.29 is 4.74 Å². The van der Waals surface area contributed by atoms with Crippen LogP contribution < -0.4 is 5.73 Å². The van der Waals surface area contributed by atoms with Crippen LogP contribution >= 0.6 is 15.9 Å². The summed E-state index contributed by atoms with van der Waals surface area (Å²) in [6.45, 7) is 0.776. The lowest BCUT2D eigenvalue weighted by atomic mass is 10.0. The molecule has 3 heteroatoms. The first kappa shape index (κ1) is 11.7. The fourth-order valence-electron chi connectivity index (χ4n) is 1.38. The van der Waals surface area contributed by atoms with Crippen molar-refractivity contribution in [1.29, 1.82) is 0 Å². The molecule has 0 saturated carbocycles. The van der Waals surface area contributed by atoms with Gasteiger partial charge < -0.3 is 10.5 Å². The average Bonchev–Trinajstić information content (AvgIpc) is 2.18. The molecule has 0 radical (unpaired) electrons. The van der Waals surface area contributed by atoms with Crippen molar-refractivity contribution in [3.8, 4) is 0 Å². The van der Waals surface area contributed by atoms with Gasteiger partial charge in [-0.25, -0.2) is 0 Å². The number of hydrogen-bond acceptors (Lipinski definition) is 2. The number of ether oxygens (including phenoxy) is 1. The molecule has 1 unspecified atom stereocenters. The second kappa shape index (κ2) is 6.17. The number of methoxy groups -OCH3 is 1. The predicted octanol–water partition coefficient (Wildman–Crippen LogP) is 2.88. The van der Waals surface area contributed by atoms with E-state index < -0.39 is 0 Å². The van der Waals surface area contributed by atoms with Crippen LogP contribution in [0.4, 0.5) is 0 Å². The van der Waals surface area contributed by atoms with E-state index >= 15 is 0 Å². The molecule has 0 heterocycles. The van der Waals surface area contributed by atoms with Crippen molar-refractivity contribution >= 4 is 15.9 Å². The minimum atomic E-state index is 0.0979. The van der Waals surface area contributed by atoms with Crippen molar-refractivity contribution in [1.82, 2.24) is 0 Å². The fraction of sp³-hybridized carbons (Fsp3) is 0.455. The number of rotatable bonds is 5. The summed E-state index contributed by atoms with van der Waals surface area (Å²) < 4.78 is 6.08. The second-order valence-corrected chi connectivity index (χ2v) is 4.12. The molecule has 1 rings (SSSR count). The summed E-state index contributed by atoms with van der Waals surface area (Å²) in [5, 5.41) is 0. The molecular weight excluding hydrogens is 242 g/mol. The summed E-state index contributed by atoms with van der Waals surface area (Å²) >= 11 is 3.49. The Hall–Kier alpha value is -0.380. The van der Waals surface area contributed by atoms with Crippen molar-refractivity contribution in [3.05, 3.63) is 34.3 Å². The summed E-state index contributed by atoms with van der Waals surface area (Å²) in [5.41, 5.74) is 7.22. The van der Waals surface area contributed by atoms with Crippen molar-refractivity contribution in [2.75, 3.05) is 13.7 Å². The van der Waals surface area contributed by atoms with Crippen LogP contribution in [0.25, 0.3) is 0 Å². The van der Waals surface area contributed by atoms with E-state index in [9.17, 15) is 0 Å². The lowest BCUT2D eigenvalue weighted by molar-refractivity contribution is 0.190. The molecule has 2 N–H and O–H groups in total. The predicted molar refractivity (Wildman–Crippen MR) is 62.2 cm³/mol. The average molecular weight is 258 g/mol. The quantitative estimate of drug-likeness (QED) is 0.824. The highest BCUT2D eigenvalue weighted by molar-refractivity contribution is 9.10. The summed E-state index contributed by atoms with van der Waals surface area (Å²) in [5.74, 6) is 0. The second-order valence-electron chi connectivity index (χ2n) is 3.26. The monoisotopic (exact) mass is 257 g/mol. The van der Waals surface area contributed by atoms with E-state index in [-0.39, 0.29) is 6.04 Å². The third kappa shape index (κ3) is 3.40. The smallest absolute Gasteiger partial charge is 0.0462 e. The van der Waals surface area contributed by atoms with E-state index in [1.807, 2.05) is 18.2 Å². The number of halogens is 1. The molecular formula is C11H16BrNO. The van der Waals surface area contributed by atoms with Gasteiger partial charge in [-0.15, -0.1) is 0 Å². The Labute approximate surface area is 93.6 Å². The van der Waals surface area contributed by atoms with Crippen LogP contribution in [0.2, 0.25) is 0 Å². The van der Waals surface area contributed by atoms with Crippen LogP contribution in [-0.2, 0) is 4.74 Å². The zero-order valence-electron chi connectivity index (χ0n) is 8.37. The maximum absolute atomic E-state index is 6.05. The van der Waals surface area contributed by atoms with E-state index in [0.717, 1.165) is 23.9 Å². The molecule has 0 saturated heterocycles. The van der Waals surface area contributed by atoms with E-state index in [2.05, 4.69) is 22.0 Å². The van der Waals surface area contributed by atoms with Gasteiger partial charge in [-0.3, -0.25) is 0 Å². The molecule has 2 nitrogen and oxygen atoms in total. The van der Waals surface area contributed by atoms with Gasteiger partial charge in [-0.05, 0) is 24.5 Å². The van der Waals surface area contributed by atoms with Gasteiger partial charge in [-0.2, -0.15) is 0 Å². The van der Waals surface area contributed by atoms with Crippen molar-refractivity contribution in [3.63, 3.8) is 0 Å². The molecule has 0 aliphatic rings. The Morgan fingerprint density at radius 2 is 2.14 bits per heavy atom. The number of nitrogens with two attached hydrogens (primary N) is 1. The van der Waals surface area contributed by atoms with E-state index in [4.69, 9.17) is 10.5 Å². The largest absolute Gasteiger partial charge is 0.385 e. The maximum Gasteiger partial charge on any atom is 0.0462 e. The Balaban J connectivity index is 2.51. The molecule has 14 heavy (non-hydrogen) atoms. The first-order chi connectivity index (χ1) is 6.75. The third-order valence-corrected chi connectivity index (χ3v) is 2.89. The Bertz CT molecular complexity index is 278. The number of benzene rings is 1. The zero-order chi connectivity index (χ0) is 10.4. The van der Waals surface area contributed by atoms with E-state index in [1.165, 1.54) is 5.56 Å². The molecule has 0 aliphatic heterocycles. The van der Waals surface area contributed by atoms with Gasteiger partial charge in [0.15, 0.2) is 0 Å². The molecule has 1 atom stereocenters. The molecule has 0 fully saturated rings. The third-order valence-electron chi connectivity index (χ3n) is 2.17. The Morgan fingerprint density at radius 3 is 2.79 bits per heavy atom. The molecule has 0 aromatic heterocycles. The van der Waals surface area contributed by atoms with Crippen LogP contribution in [0.5, 0.6) is 0 Å². The molecule has 0 aliphatic carbocycles. The van der Waals surface area contributed by atoms with E-state index in [0.29, 0.717) is 0 Å². The zero-order valence-corrected chi connectivity index (χ0v) is 9.96. The highest BCUT2D eigenvalue weighted by Gasteiger charge is 2.08. The van der Waals surface area contributed by atoms with Gasteiger partial charge in [0.05, 0.1) is 0 Å². The summed E-state index contributed by atoms with van der Waals surface area (Å²) in [6, 6.07) is 8.18. The molecule has 0 amide bonds. The fourth-order valence-corrected chi connectivity index (χ4v) is 1.96. The lowest BCUT2D eigenvalue weighted by Crippen LogP contribution is -2.11. The Kier molecular flexibility index (Phi) is 5.15. The van der Waals surface area contributed by atoms with E-state index in [1.54, 1.807) is 7.11 Å². The van der Waals surface area contributed by atoms with Gasteiger partial charge in [0.1, 0.15) is 0 Å². The van der Waals surface area contributed by atoms with Crippen LogP contribution in [0.3, 0.4) is 0 Å². The molecule has 78 valence electrons. The molecule has 1 aromatic rings. The molecule has 1 aromatic carbocycles. The highest BCUT2D eigenvalue weighted by Crippen LogP contribution is 2.24. The van der Waals surface area contributed by atoms with Crippen LogP contribution in [-0.4, -0.2) is 13.7 Å². The van der Waals surface area contributed by atoms with Crippen LogP contribution in [0.15, 0.2) is 28.7 Å². The number of hydrogen-bond donors (Lipinski definition) is 1. The van der Waals surface area contributed by atoms with Gasteiger partial charge in [0.25, 0.3) is 0 Å². The van der Waals surface area contributed by atoms with Gasteiger partial charge in [0, 0.05) is 24.2 Å². The van der Waals surface area contributed by atoms with Crippen molar-refractivity contribution in [2.45, 2.75) is 18.9 Å². The SMILES string of the molecule is COCCCC(N)c1ccccc1Br. The van der Waals surface area contributed by atoms with Gasteiger partial charge >= 0.3 is 0 Å². The molecule has 0 spiro atoms. The van der Waals surface area contributed by atoms with Crippen LogP contribution in [0, 0.1) is 0 Å². The summed E-state index contributed by atoms with van der Waals surface area (Å²) in [6.07, 6.45) is 1.95. The highest BCUT2D eigenvalue weighted by atomic mass is 79.9. The topological polar surface area (TPSA) is 35.2 Å². The van der Waals surface area contributed by atoms with Gasteiger partial charge in [-0.1, -0.05) is 34.1 Å². The minimum absolute atomic E-state index is 0.0979. The normalized spacial score (nSPS) is 12.8. The minimum Gasteiger partial charge on any atom is -0.385 e. The first-order valence-corrected chi connectivity index (χ1v) is 5.54. The first-order valence-electron chi connectivity index (χ1n) is 4.74. The standard InChI is InChI=1S/C11H16BrNO/c1-14-8-4-7-11(13)9-5-2-3-6-10(9)12/h2-3,5-6,11H,4,7-8,13H2,1H3. The summed E-state index contributed by atoms with van der Waals surface area (Å²) in [7, 11) is 1.71. The maximum atomic E-state index is 6.05. The van der Waals surface area contributed by atoms with Crippen molar-refractivity contribution in [2.24, 2.45) is 5.73 Å².